The molecule has 1 aromatic carbocycles. The summed E-state index contributed by atoms with van der Waals surface area (Å²) in [4.78, 5) is 12.4. The first kappa shape index (κ1) is 10.8. The Balaban J connectivity index is 2.26. The SMILES string of the molecule is C=CC1=C(C=C)C2=C(C1=O)c1ccccc1CO2. The summed E-state index contributed by atoms with van der Waals surface area (Å²) >= 11 is 0. The Morgan fingerprint density at radius 2 is 1.83 bits per heavy atom. The van der Waals surface area contributed by atoms with Crippen molar-refractivity contribution in [1.29, 1.82) is 0 Å². The number of ketones is 1. The third-order valence-electron chi connectivity index (χ3n) is 3.30. The molecule has 1 aromatic rings. The standard InChI is InChI=1S/C16H12O2/c1-3-11-12(4-2)16-14(15(11)17)13-8-6-5-7-10(13)9-18-16/h3-8H,1-2,9H2. The van der Waals surface area contributed by atoms with E-state index in [0.717, 1.165) is 16.7 Å². The minimum atomic E-state index is -0.0259. The predicted octanol–water partition coefficient (Wildman–Crippen LogP) is 3.18. The zero-order valence-electron chi connectivity index (χ0n) is 9.90. The van der Waals surface area contributed by atoms with Crippen LogP contribution in [0.25, 0.3) is 5.57 Å². The number of hydrogen-bond acceptors (Lipinski definition) is 2. The lowest BCUT2D eigenvalue weighted by Gasteiger charge is -2.19. The monoisotopic (exact) mass is 236 g/mol. The number of carbonyl (C=O) groups excluding carboxylic acids is 1. The lowest BCUT2D eigenvalue weighted by atomic mass is 9.95. The highest BCUT2D eigenvalue weighted by molar-refractivity contribution is 6.34. The summed E-state index contributed by atoms with van der Waals surface area (Å²) in [6, 6.07) is 7.81. The molecule has 0 bridgehead atoms. The molecule has 0 atom stereocenters. The second-order valence-corrected chi connectivity index (χ2v) is 4.21. The first-order valence-electron chi connectivity index (χ1n) is 5.77. The highest BCUT2D eigenvalue weighted by Gasteiger charge is 2.35. The average Bonchev–Trinajstić information content (AvgIpc) is 2.70. The number of ether oxygens (including phenoxy) is 1. The lowest BCUT2D eigenvalue weighted by molar-refractivity contribution is -0.110. The molecule has 3 rings (SSSR count). The van der Waals surface area contributed by atoms with Crippen molar-refractivity contribution < 1.29 is 9.53 Å². The summed E-state index contributed by atoms with van der Waals surface area (Å²) in [7, 11) is 0. The molecule has 0 spiro atoms. The van der Waals surface area contributed by atoms with Gasteiger partial charge in [0, 0.05) is 11.1 Å². The lowest BCUT2D eigenvalue weighted by Crippen LogP contribution is -2.09. The fraction of sp³-hybridized carbons (Fsp3) is 0.0625. The van der Waals surface area contributed by atoms with Gasteiger partial charge in [-0.25, -0.2) is 0 Å². The van der Waals surface area contributed by atoms with Crippen LogP contribution in [0.4, 0.5) is 0 Å². The molecule has 2 aliphatic rings. The molecule has 0 aromatic heterocycles. The number of Topliss-reactive ketones (excluding diaryl/α,β-unsaturated/α-hetero) is 1. The number of hydrogen-bond donors (Lipinski definition) is 0. The molecule has 18 heavy (non-hydrogen) atoms. The number of allylic oxidation sites excluding steroid dienone is 4. The largest absolute Gasteiger partial charge is 0.487 e. The fourth-order valence-corrected chi connectivity index (χ4v) is 2.46. The van der Waals surface area contributed by atoms with Crippen LogP contribution in [0.5, 0.6) is 0 Å². The van der Waals surface area contributed by atoms with Crippen LogP contribution in [-0.4, -0.2) is 5.78 Å². The third-order valence-corrected chi connectivity index (χ3v) is 3.30. The second-order valence-electron chi connectivity index (χ2n) is 4.21. The topological polar surface area (TPSA) is 26.3 Å². The maximum atomic E-state index is 12.4. The van der Waals surface area contributed by atoms with Gasteiger partial charge in [-0.3, -0.25) is 4.79 Å². The maximum absolute atomic E-state index is 12.4. The van der Waals surface area contributed by atoms with Gasteiger partial charge >= 0.3 is 0 Å². The van der Waals surface area contributed by atoms with E-state index < -0.39 is 0 Å². The normalized spacial score (nSPS) is 17.2. The molecular weight excluding hydrogens is 224 g/mol. The van der Waals surface area contributed by atoms with E-state index in [0.29, 0.717) is 23.5 Å². The van der Waals surface area contributed by atoms with Gasteiger partial charge in [-0.2, -0.15) is 0 Å². The van der Waals surface area contributed by atoms with Crippen molar-refractivity contribution in [2.45, 2.75) is 6.61 Å². The number of carbonyl (C=O) groups is 1. The molecule has 0 saturated heterocycles. The Morgan fingerprint density at radius 3 is 2.56 bits per heavy atom. The maximum Gasteiger partial charge on any atom is 0.198 e. The number of fused-ring (bicyclic) bond motifs is 2. The van der Waals surface area contributed by atoms with Crippen LogP contribution < -0.4 is 0 Å². The fourth-order valence-electron chi connectivity index (χ4n) is 2.46. The average molecular weight is 236 g/mol. The van der Waals surface area contributed by atoms with Crippen molar-refractivity contribution >= 4 is 11.4 Å². The summed E-state index contributed by atoms with van der Waals surface area (Å²) < 4.78 is 5.72. The van der Waals surface area contributed by atoms with E-state index in [4.69, 9.17) is 4.74 Å². The van der Waals surface area contributed by atoms with Gasteiger partial charge in [-0.1, -0.05) is 49.6 Å². The summed E-state index contributed by atoms with van der Waals surface area (Å²) in [5, 5.41) is 0. The smallest absolute Gasteiger partial charge is 0.198 e. The van der Waals surface area contributed by atoms with Crippen molar-refractivity contribution in [3.05, 3.63) is 77.6 Å². The first-order valence-corrected chi connectivity index (χ1v) is 5.77. The molecular formula is C16H12O2. The van der Waals surface area contributed by atoms with Gasteiger partial charge in [0.2, 0.25) is 0 Å². The highest BCUT2D eigenvalue weighted by Crippen LogP contribution is 2.41. The van der Waals surface area contributed by atoms with Crippen molar-refractivity contribution in [2.24, 2.45) is 0 Å². The van der Waals surface area contributed by atoms with Crippen LogP contribution in [0.3, 0.4) is 0 Å². The zero-order valence-corrected chi connectivity index (χ0v) is 9.90. The van der Waals surface area contributed by atoms with E-state index in [9.17, 15) is 4.79 Å². The summed E-state index contributed by atoms with van der Waals surface area (Å²) in [5.74, 6) is 0.616. The van der Waals surface area contributed by atoms with E-state index in [-0.39, 0.29) is 5.78 Å². The Bertz CT molecular complexity index is 645. The predicted molar refractivity (Wildman–Crippen MR) is 70.6 cm³/mol. The van der Waals surface area contributed by atoms with Gasteiger partial charge in [-0.05, 0) is 11.1 Å². The zero-order chi connectivity index (χ0) is 12.7. The Kier molecular flexibility index (Phi) is 2.30. The molecule has 1 heterocycles. The molecule has 0 N–H and O–H groups in total. The molecule has 0 unspecified atom stereocenters. The van der Waals surface area contributed by atoms with E-state index >= 15 is 0 Å². The van der Waals surface area contributed by atoms with Crippen molar-refractivity contribution in [3.8, 4) is 0 Å². The van der Waals surface area contributed by atoms with Gasteiger partial charge in [0.1, 0.15) is 12.4 Å². The molecule has 88 valence electrons. The highest BCUT2D eigenvalue weighted by atomic mass is 16.5. The van der Waals surface area contributed by atoms with Crippen LogP contribution in [0.15, 0.2) is 66.5 Å². The van der Waals surface area contributed by atoms with E-state index in [1.807, 2.05) is 24.3 Å². The minimum absolute atomic E-state index is 0.0259. The molecule has 2 nitrogen and oxygen atoms in total. The molecule has 0 radical (unpaired) electrons. The van der Waals surface area contributed by atoms with Crippen LogP contribution >= 0.6 is 0 Å². The Hall–Kier alpha value is -2.35. The summed E-state index contributed by atoms with van der Waals surface area (Å²) in [6.07, 6.45) is 3.23. The van der Waals surface area contributed by atoms with Gasteiger partial charge in [0.15, 0.2) is 5.78 Å². The quantitative estimate of drug-likeness (QED) is 0.788. The Labute approximate surface area is 106 Å². The molecule has 0 saturated carbocycles. The van der Waals surface area contributed by atoms with E-state index in [2.05, 4.69) is 13.2 Å². The van der Waals surface area contributed by atoms with Crippen LogP contribution in [0, 0.1) is 0 Å². The second kappa shape index (κ2) is 3.84. The van der Waals surface area contributed by atoms with E-state index in [1.54, 1.807) is 12.2 Å². The Morgan fingerprint density at radius 1 is 1.11 bits per heavy atom. The van der Waals surface area contributed by atoms with Gasteiger partial charge in [-0.15, -0.1) is 0 Å². The van der Waals surface area contributed by atoms with Crippen LogP contribution in [-0.2, 0) is 16.1 Å². The molecule has 0 amide bonds. The van der Waals surface area contributed by atoms with Crippen LogP contribution in [0.2, 0.25) is 0 Å². The molecule has 1 aliphatic carbocycles. The first-order chi connectivity index (χ1) is 8.77. The van der Waals surface area contributed by atoms with Gasteiger partial charge < -0.3 is 4.74 Å². The van der Waals surface area contributed by atoms with Crippen LogP contribution in [0.1, 0.15) is 11.1 Å². The molecule has 0 fully saturated rings. The molecule has 1 aliphatic heterocycles. The number of rotatable bonds is 2. The number of benzene rings is 1. The summed E-state index contributed by atoms with van der Waals surface area (Å²) in [5.41, 5.74) is 3.96. The molecule has 2 heteroatoms. The summed E-state index contributed by atoms with van der Waals surface area (Å²) in [6.45, 7) is 7.94. The van der Waals surface area contributed by atoms with Gasteiger partial charge in [0.05, 0.1) is 5.57 Å². The van der Waals surface area contributed by atoms with Gasteiger partial charge in [0.25, 0.3) is 0 Å². The van der Waals surface area contributed by atoms with Crippen molar-refractivity contribution in [3.63, 3.8) is 0 Å². The van der Waals surface area contributed by atoms with E-state index in [1.165, 1.54) is 0 Å². The van der Waals surface area contributed by atoms with Crippen molar-refractivity contribution in [2.75, 3.05) is 0 Å². The third kappa shape index (κ3) is 1.26. The minimum Gasteiger partial charge on any atom is -0.487 e. The van der Waals surface area contributed by atoms with Crippen molar-refractivity contribution in [1.82, 2.24) is 0 Å².